The van der Waals surface area contributed by atoms with Crippen molar-refractivity contribution in [1.29, 1.82) is 0 Å². The van der Waals surface area contributed by atoms with Gasteiger partial charge in [-0.2, -0.15) is 0 Å². The second-order valence-corrected chi connectivity index (χ2v) is 9.83. The average molecular weight is 508 g/mol. The van der Waals surface area contributed by atoms with Gasteiger partial charge in [0.1, 0.15) is 17.0 Å². The summed E-state index contributed by atoms with van der Waals surface area (Å²) in [5, 5.41) is 14.1. The Labute approximate surface area is 218 Å². The van der Waals surface area contributed by atoms with E-state index < -0.39 is 4.92 Å². The molecule has 3 aromatic carbocycles. The zero-order valence-corrected chi connectivity index (χ0v) is 21.1. The van der Waals surface area contributed by atoms with Crippen molar-refractivity contribution in [1.82, 2.24) is 4.98 Å². The second-order valence-electron chi connectivity index (χ2n) is 9.83. The Morgan fingerprint density at radius 3 is 2.47 bits per heavy atom. The number of nitrogens with one attached hydrogen (secondary N) is 1. The van der Waals surface area contributed by atoms with Crippen LogP contribution in [0, 0.1) is 10.1 Å². The highest BCUT2D eigenvalue weighted by Crippen LogP contribution is 2.31. The lowest BCUT2D eigenvalue weighted by Gasteiger charge is -2.18. The van der Waals surface area contributed by atoms with Crippen molar-refractivity contribution in [2.24, 2.45) is 0 Å². The molecular formula is C30H25N3O5. The molecular weight excluding hydrogens is 482 g/mol. The minimum atomic E-state index is -0.460. The second kappa shape index (κ2) is 9.82. The van der Waals surface area contributed by atoms with Crippen molar-refractivity contribution in [2.75, 3.05) is 5.32 Å². The van der Waals surface area contributed by atoms with Gasteiger partial charge in [0.15, 0.2) is 5.58 Å². The van der Waals surface area contributed by atoms with Gasteiger partial charge in [-0.25, -0.2) is 4.98 Å². The first kappa shape index (κ1) is 24.7. The number of hydrogen-bond acceptors (Lipinski definition) is 6. The van der Waals surface area contributed by atoms with Crippen LogP contribution in [-0.2, 0) is 10.2 Å². The molecule has 1 N–H and O–H groups in total. The van der Waals surface area contributed by atoms with Crippen LogP contribution >= 0.6 is 0 Å². The summed E-state index contributed by atoms with van der Waals surface area (Å²) in [6, 6.07) is 23.0. The quantitative estimate of drug-likeness (QED) is 0.144. The summed E-state index contributed by atoms with van der Waals surface area (Å²) in [6.45, 7) is 6.49. The molecule has 0 fully saturated rings. The molecule has 5 rings (SSSR count). The Hall–Kier alpha value is -4.98. The molecule has 0 saturated heterocycles. The summed E-state index contributed by atoms with van der Waals surface area (Å²) in [5.74, 6) is 0.880. The normalized spacial score (nSPS) is 11.8. The maximum atomic E-state index is 12.5. The standard InChI is InChI=1S/C30H25N3O5/c1-30(2,3)20-10-8-19(9-11-20)29-32-24-18-21(12-15-27(24)38-29)31-28(34)17-14-22-13-16-26(37-22)23-6-4-5-7-25(23)33(35)36/h4-18H,1-3H3,(H,31,34)/b17-14+. The number of carbonyl (C=O) groups excluding carboxylic acids is 1. The summed E-state index contributed by atoms with van der Waals surface area (Å²) in [6.07, 6.45) is 2.83. The molecule has 5 aromatic rings. The highest BCUT2D eigenvalue weighted by molar-refractivity contribution is 6.02. The van der Waals surface area contributed by atoms with Crippen molar-refractivity contribution in [3.63, 3.8) is 0 Å². The third-order valence-corrected chi connectivity index (χ3v) is 6.04. The number of benzene rings is 3. The van der Waals surface area contributed by atoms with Crippen molar-refractivity contribution in [3.05, 3.63) is 106 Å². The molecule has 38 heavy (non-hydrogen) atoms. The predicted octanol–water partition coefficient (Wildman–Crippen LogP) is 7.61. The van der Waals surface area contributed by atoms with Gasteiger partial charge in [0.2, 0.25) is 11.8 Å². The number of oxazole rings is 1. The van der Waals surface area contributed by atoms with Gasteiger partial charge in [-0.3, -0.25) is 14.9 Å². The number of nitrogens with zero attached hydrogens (tertiary/aromatic N) is 2. The van der Waals surface area contributed by atoms with Gasteiger partial charge in [-0.1, -0.05) is 45.0 Å². The number of rotatable bonds is 6. The molecule has 0 saturated carbocycles. The molecule has 0 spiro atoms. The smallest absolute Gasteiger partial charge is 0.280 e. The fourth-order valence-electron chi connectivity index (χ4n) is 4.01. The number of hydrogen-bond donors (Lipinski definition) is 1. The highest BCUT2D eigenvalue weighted by atomic mass is 16.6. The zero-order chi connectivity index (χ0) is 26.9. The van der Waals surface area contributed by atoms with Gasteiger partial charge in [0, 0.05) is 23.4 Å². The molecule has 8 nitrogen and oxygen atoms in total. The Kier molecular flexibility index (Phi) is 6.38. The highest BCUT2D eigenvalue weighted by Gasteiger charge is 2.17. The molecule has 2 heterocycles. The third-order valence-electron chi connectivity index (χ3n) is 6.04. The maximum Gasteiger partial charge on any atom is 0.280 e. The molecule has 0 atom stereocenters. The lowest BCUT2D eigenvalue weighted by Crippen LogP contribution is -2.10. The summed E-state index contributed by atoms with van der Waals surface area (Å²) >= 11 is 0. The Morgan fingerprint density at radius 1 is 0.974 bits per heavy atom. The molecule has 0 aliphatic carbocycles. The van der Waals surface area contributed by atoms with Gasteiger partial charge in [0.05, 0.1) is 10.5 Å². The van der Waals surface area contributed by atoms with E-state index in [2.05, 4.69) is 43.2 Å². The number of carbonyl (C=O) groups is 1. The lowest BCUT2D eigenvalue weighted by molar-refractivity contribution is -0.384. The topological polar surface area (TPSA) is 111 Å². The molecule has 0 aliphatic heterocycles. The summed E-state index contributed by atoms with van der Waals surface area (Å²) in [4.78, 5) is 27.9. The van der Waals surface area contributed by atoms with Crippen molar-refractivity contribution in [2.45, 2.75) is 26.2 Å². The van der Waals surface area contributed by atoms with Crippen LogP contribution in [0.2, 0.25) is 0 Å². The van der Waals surface area contributed by atoms with Crippen LogP contribution < -0.4 is 5.32 Å². The first-order valence-electron chi connectivity index (χ1n) is 12.0. The van der Waals surface area contributed by atoms with Crippen LogP contribution in [0.15, 0.2) is 93.8 Å². The van der Waals surface area contributed by atoms with Crippen molar-refractivity contribution < 1.29 is 18.6 Å². The van der Waals surface area contributed by atoms with Crippen LogP contribution in [-0.4, -0.2) is 15.8 Å². The molecule has 0 aliphatic rings. The average Bonchev–Trinajstić information content (AvgIpc) is 3.54. The largest absolute Gasteiger partial charge is 0.456 e. The Balaban J connectivity index is 1.28. The molecule has 2 aromatic heterocycles. The first-order valence-corrected chi connectivity index (χ1v) is 12.0. The number of amides is 1. The van der Waals surface area contributed by atoms with E-state index in [0.29, 0.717) is 39.8 Å². The third kappa shape index (κ3) is 5.24. The van der Waals surface area contributed by atoms with Crippen molar-refractivity contribution in [3.8, 4) is 22.8 Å². The van der Waals surface area contributed by atoms with Gasteiger partial charge >= 0.3 is 0 Å². The summed E-state index contributed by atoms with van der Waals surface area (Å²) < 4.78 is 11.6. The van der Waals surface area contributed by atoms with E-state index in [4.69, 9.17) is 8.83 Å². The number of anilines is 1. The van der Waals surface area contributed by atoms with Gasteiger partial charge in [-0.05, 0) is 65.6 Å². The molecule has 8 heteroatoms. The SMILES string of the molecule is CC(C)(C)c1ccc(-c2nc3cc(NC(=O)/C=C/c4ccc(-c5ccccc5[N+](=O)[O-])o4)ccc3o2)cc1. The van der Waals surface area contributed by atoms with Crippen LogP contribution in [0.5, 0.6) is 0 Å². The fraction of sp³-hybridized carbons (Fsp3) is 0.133. The molecule has 1 amide bonds. The van der Waals surface area contributed by atoms with Crippen molar-refractivity contribution >= 4 is 34.5 Å². The molecule has 0 radical (unpaired) electrons. The predicted molar refractivity (Wildman–Crippen MR) is 147 cm³/mol. The van der Waals surface area contributed by atoms with E-state index in [1.165, 1.54) is 23.8 Å². The van der Waals surface area contributed by atoms with E-state index in [9.17, 15) is 14.9 Å². The fourth-order valence-corrected chi connectivity index (χ4v) is 4.01. The lowest BCUT2D eigenvalue weighted by atomic mass is 9.87. The number of aromatic nitrogens is 1. The Bertz CT molecular complexity index is 1670. The number of nitro groups is 1. The number of nitro benzene ring substituents is 1. The van der Waals surface area contributed by atoms with Crippen LogP contribution in [0.4, 0.5) is 11.4 Å². The zero-order valence-electron chi connectivity index (χ0n) is 21.1. The van der Waals surface area contributed by atoms with Gasteiger partial charge in [-0.15, -0.1) is 0 Å². The minimum absolute atomic E-state index is 0.0524. The number of furan rings is 1. The number of fused-ring (bicyclic) bond motifs is 1. The monoisotopic (exact) mass is 507 g/mol. The van der Waals surface area contributed by atoms with E-state index in [0.717, 1.165) is 5.56 Å². The maximum absolute atomic E-state index is 12.5. The van der Waals surface area contributed by atoms with Crippen LogP contribution in [0.3, 0.4) is 0 Å². The molecule has 0 unspecified atom stereocenters. The summed E-state index contributed by atoms with van der Waals surface area (Å²) in [5.41, 5.74) is 4.28. The van der Waals surface area contributed by atoms with Crippen LogP contribution in [0.1, 0.15) is 32.1 Å². The molecule has 0 bridgehead atoms. The first-order chi connectivity index (χ1) is 18.2. The molecule has 190 valence electrons. The van der Waals surface area contributed by atoms with E-state index in [-0.39, 0.29) is 17.0 Å². The van der Waals surface area contributed by atoms with E-state index in [1.807, 2.05) is 12.1 Å². The Morgan fingerprint density at radius 2 is 1.74 bits per heavy atom. The minimum Gasteiger partial charge on any atom is -0.456 e. The van der Waals surface area contributed by atoms with E-state index >= 15 is 0 Å². The van der Waals surface area contributed by atoms with Gasteiger partial charge < -0.3 is 14.2 Å². The van der Waals surface area contributed by atoms with Crippen LogP contribution in [0.25, 0.3) is 40.0 Å². The van der Waals surface area contributed by atoms with Gasteiger partial charge in [0.25, 0.3) is 5.69 Å². The summed E-state index contributed by atoms with van der Waals surface area (Å²) in [7, 11) is 0. The number of para-hydroxylation sites is 1. The van der Waals surface area contributed by atoms with E-state index in [1.54, 1.807) is 48.5 Å².